The van der Waals surface area contributed by atoms with Crippen molar-refractivity contribution >= 4 is 22.5 Å². The molecule has 4 aromatic carbocycles. The number of methoxy groups -OCH3 is 2. The number of aromatic hydroxyl groups is 4. The molecule has 1 aromatic heterocycles. The van der Waals surface area contributed by atoms with Crippen LogP contribution in [0.5, 0.6) is 34.5 Å². The Balaban J connectivity index is 0.000000171. The van der Waals surface area contributed by atoms with E-state index in [0.29, 0.717) is 28.2 Å². The topological polar surface area (TPSA) is 164 Å². The normalized spacial score (nSPS) is 11.8. The number of phenols is 4. The standard InChI is InChI=1S/C17H14O4.C16H12O6/c1-19-12-5-3-4-11(8-12)16-10-15(18)14-7-6-13(20-2)9-17(14)21-16;1-5-3-7(17)9-11(13(5)19)15(21)10-8(18)4-6(2)14(20)12(10)16(9)22/h3-10H,1-2H3;3-4,17-20H,1-2H3. The van der Waals surface area contributed by atoms with Crippen LogP contribution in [0.2, 0.25) is 0 Å². The highest BCUT2D eigenvalue weighted by Crippen LogP contribution is 2.45. The van der Waals surface area contributed by atoms with Gasteiger partial charge in [0.1, 0.15) is 45.8 Å². The molecule has 4 N–H and O–H groups in total. The summed E-state index contributed by atoms with van der Waals surface area (Å²) in [6.45, 7) is 2.93. The number of benzene rings is 4. The lowest BCUT2D eigenvalue weighted by molar-refractivity contribution is 0.0969. The summed E-state index contributed by atoms with van der Waals surface area (Å²) in [5.74, 6) is -1.59. The molecule has 43 heavy (non-hydrogen) atoms. The van der Waals surface area contributed by atoms with Crippen molar-refractivity contribution in [2.24, 2.45) is 0 Å². The van der Waals surface area contributed by atoms with Gasteiger partial charge < -0.3 is 34.3 Å². The van der Waals surface area contributed by atoms with Gasteiger partial charge in [0.2, 0.25) is 11.6 Å². The molecule has 218 valence electrons. The van der Waals surface area contributed by atoms with E-state index in [9.17, 15) is 34.8 Å². The minimum Gasteiger partial charge on any atom is -0.507 e. The van der Waals surface area contributed by atoms with Crippen LogP contribution in [-0.4, -0.2) is 46.2 Å². The molecule has 5 aromatic rings. The van der Waals surface area contributed by atoms with Crippen molar-refractivity contribution in [1.29, 1.82) is 0 Å². The Hall–Kier alpha value is -5.77. The quantitative estimate of drug-likeness (QED) is 0.199. The summed E-state index contributed by atoms with van der Waals surface area (Å²) in [6.07, 6.45) is 0. The Bertz CT molecular complexity index is 1950. The molecule has 1 aliphatic rings. The number of aryl methyl sites for hydroxylation is 2. The second kappa shape index (κ2) is 10.9. The average Bonchev–Trinajstić information content (AvgIpc) is 2.99. The van der Waals surface area contributed by atoms with Gasteiger partial charge in [-0.05, 0) is 61.4 Å². The molecule has 10 heteroatoms. The molecule has 0 atom stereocenters. The molecule has 0 bridgehead atoms. The molecule has 0 saturated heterocycles. The molecular weight excluding hydrogens is 556 g/mol. The molecular formula is C33H26O10. The van der Waals surface area contributed by atoms with E-state index in [2.05, 4.69) is 0 Å². The van der Waals surface area contributed by atoms with Crippen LogP contribution in [0.4, 0.5) is 0 Å². The fraction of sp³-hybridized carbons (Fsp3) is 0.121. The summed E-state index contributed by atoms with van der Waals surface area (Å²) in [4.78, 5) is 37.3. The molecule has 0 aliphatic heterocycles. The van der Waals surface area contributed by atoms with Crippen LogP contribution in [0.25, 0.3) is 22.3 Å². The Morgan fingerprint density at radius 1 is 0.628 bits per heavy atom. The zero-order chi connectivity index (χ0) is 31.2. The number of fused-ring (bicyclic) bond motifs is 3. The number of rotatable bonds is 3. The van der Waals surface area contributed by atoms with Gasteiger partial charge in [0.25, 0.3) is 0 Å². The number of carbonyl (C=O) groups is 2. The summed E-state index contributed by atoms with van der Waals surface area (Å²) in [7, 11) is 3.17. The highest BCUT2D eigenvalue weighted by molar-refractivity contribution is 6.32. The van der Waals surface area contributed by atoms with Gasteiger partial charge in [0.15, 0.2) is 5.43 Å². The summed E-state index contributed by atoms with van der Waals surface area (Å²) in [5.41, 5.74) is 0.157. The maximum Gasteiger partial charge on any atom is 0.202 e. The van der Waals surface area contributed by atoms with Crippen LogP contribution in [0.3, 0.4) is 0 Å². The smallest absolute Gasteiger partial charge is 0.202 e. The van der Waals surface area contributed by atoms with Crippen LogP contribution in [0, 0.1) is 13.8 Å². The van der Waals surface area contributed by atoms with Crippen LogP contribution in [0.15, 0.2) is 69.9 Å². The molecule has 0 amide bonds. The second-order valence-electron chi connectivity index (χ2n) is 9.85. The van der Waals surface area contributed by atoms with Gasteiger partial charge in [0, 0.05) is 17.7 Å². The minimum absolute atomic E-state index is 0.0864. The zero-order valence-corrected chi connectivity index (χ0v) is 23.5. The number of hydrogen-bond acceptors (Lipinski definition) is 10. The first-order valence-corrected chi connectivity index (χ1v) is 12.9. The van der Waals surface area contributed by atoms with Crippen LogP contribution >= 0.6 is 0 Å². The van der Waals surface area contributed by atoms with E-state index in [1.807, 2.05) is 24.3 Å². The first kappa shape index (κ1) is 28.7. The van der Waals surface area contributed by atoms with Crippen molar-refractivity contribution in [3.63, 3.8) is 0 Å². The number of hydrogen-bond donors (Lipinski definition) is 4. The molecule has 0 fully saturated rings. The third kappa shape index (κ3) is 4.88. The Kier molecular flexibility index (Phi) is 7.29. The second-order valence-corrected chi connectivity index (χ2v) is 9.85. The molecule has 0 unspecified atom stereocenters. The summed E-state index contributed by atoms with van der Waals surface area (Å²) < 4.78 is 16.2. The van der Waals surface area contributed by atoms with Gasteiger partial charge >= 0.3 is 0 Å². The van der Waals surface area contributed by atoms with E-state index in [0.717, 1.165) is 17.7 Å². The number of phenolic OH excluding ortho intramolecular Hbond substituents is 4. The zero-order valence-electron chi connectivity index (χ0n) is 23.5. The fourth-order valence-electron chi connectivity index (χ4n) is 4.91. The predicted molar refractivity (Wildman–Crippen MR) is 157 cm³/mol. The van der Waals surface area contributed by atoms with E-state index in [-0.39, 0.29) is 38.8 Å². The number of ether oxygens (including phenoxy) is 2. The van der Waals surface area contributed by atoms with E-state index >= 15 is 0 Å². The summed E-state index contributed by atoms with van der Waals surface area (Å²) in [5, 5.41) is 40.6. The van der Waals surface area contributed by atoms with E-state index < -0.39 is 34.6 Å². The predicted octanol–water partition coefficient (Wildman–Crippen LogP) is 5.38. The van der Waals surface area contributed by atoms with Gasteiger partial charge in [-0.25, -0.2) is 0 Å². The molecule has 0 spiro atoms. The highest BCUT2D eigenvalue weighted by Gasteiger charge is 2.39. The lowest BCUT2D eigenvalue weighted by atomic mass is 9.80. The molecule has 0 saturated carbocycles. The lowest BCUT2D eigenvalue weighted by Crippen LogP contribution is -2.22. The van der Waals surface area contributed by atoms with Crippen molar-refractivity contribution in [2.45, 2.75) is 13.8 Å². The fourth-order valence-corrected chi connectivity index (χ4v) is 4.91. The van der Waals surface area contributed by atoms with Crippen LogP contribution in [0.1, 0.15) is 43.0 Å². The van der Waals surface area contributed by atoms with Crippen molar-refractivity contribution in [1.82, 2.24) is 0 Å². The molecule has 10 nitrogen and oxygen atoms in total. The van der Waals surface area contributed by atoms with Gasteiger partial charge in [-0.15, -0.1) is 0 Å². The first-order valence-electron chi connectivity index (χ1n) is 12.9. The maximum atomic E-state index is 12.6. The Labute approximate surface area is 244 Å². The SMILES string of the molecule is COc1cccc(-c2cc(=O)c3ccc(OC)cc3o2)c1.Cc1cc(O)c2c(c1O)C(=O)c1c(O)cc(C)c(O)c1C2=O. The first-order chi connectivity index (χ1) is 20.5. The third-order valence-electron chi connectivity index (χ3n) is 7.14. The molecule has 0 radical (unpaired) electrons. The Morgan fingerprint density at radius 3 is 1.70 bits per heavy atom. The summed E-state index contributed by atoms with van der Waals surface area (Å²) >= 11 is 0. The average molecular weight is 583 g/mol. The maximum absolute atomic E-state index is 12.6. The van der Waals surface area contributed by atoms with Gasteiger partial charge in [0.05, 0.1) is 41.9 Å². The van der Waals surface area contributed by atoms with Gasteiger partial charge in [-0.3, -0.25) is 14.4 Å². The highest BCUT2D eigenvalue weighted by atomic mass is 16.5. The van der Waals surface area contributed by atoms with E-state index in [1.165, 1.54) is 19.9 Å². The molecule has 1 heterocycles. The van der Waals surface area contributed by atoms with Gasteiger partial charge in [-0.2, -0.15) is 0 Å². The largest absolute Gasteiger partial charge is 0.507 e. The molecule has 1 aliphatic carbocycles. The lowest BCUT2D eigenvalue weighted by Gasteiger charge is -2.22. The number of ketones is 2. The van der Waals surface area contributed by atoms with E-state index in [1.54, 1.807) is 32.4 Å². The van der Waals surface area contributed by atoms with Crippen LogP contribution < -0.4 is 14.9 Å². The van der Waals surface area contributed by atoms with E-state index in [4.69, 9.17) is 13.9 Å². The summed E-state index contributed by atoms with van der Waals surface area (Å²) in [6, 6.07) is 16.4. The minimum atomic E-state index is -0.825. The van der Waals surface area contributed by atoms with Crippen molar-refractivity contribution in [2.75, 3.05) is 14.2 Å². The monoisotopic (exact) mass is 582 g/mol. The Morgan fingerprint density at radius 2 is 1.16 bits per heavy atom. The van der Waals surface area contributed by atoms with Crippen LogP contribution in [-0.2, 0) is 0 Å². The van der Waals surface area contributed by atoms with Crippen molar-refractivity contribution in [3.05, 3.63) is 104 Å². The van der Waals surface area contributed by atoms with Crippen molar-refractivity contribution in [3.8, 4) is 45.8 Å². The van der Waals surface area contributed by atoms with Crippen molar-refractivity contribution < 1.29 is 43.9 Å². The van der Waals surface area contributed by atoms with Gasteiger partial charge in [-0.1, -0.05) is 12.1 Å². The molecule has 6 rings (SSSR count). The third-order valence-corrected chi connectivity index (χ3v) is 7.14. The number of carbonyl (C=O) groups excluding carboxylic acids is 2.